The highest BCUT2D eigenvalue weighted by molar-refractivity contribution is 5.32. The van der Waals surface area contributed by atoms with Crippen LogP contribution in [0.25, 0.3) is 0 Å². The van der Waals surface area contributed by atoms with E-state index in [0.29, 0.717) is 12.5 Å². The van der Waals surface area contributed by atoms with Gasteiger partial charge in [0.15, 0.2) is 0 Å². The second-order valence-electron chi connectivity index (χ2n) is 5.01. The highest BCUT2D eigenvalue weighted by Crippen LogP contribution is 2.36. The van der Waals surface area contributed by atoms with Crippen LogP contribution in [0.4, 0.5) is 0 Å². The Balaban J connectivity index is 2.09. The lowest BCUT2D eigenvalue weighted by molar-refractivity contribution is 0.333. The number of nitrogens with zero attached hydrogens (tertiary/aromatic N) is 1. The Kier molecular flexibility index (Phi) is 4.64. The molecule has 2 heteroatoms. The zero-order chi connectivity index (χ0) is 12.8. The first-order valence-electron chi connectivity index (χ1n) is 6.97. The Bertz CT molecular complexity index is 398. The molecule has 0 radical (unpaired) electrons. The maximum Gasteiger partial charge on any atom is 0.119 e. The first-order valence-corrected chi connectivity index (χ1v) is 6.97. The number of hydrogen-bond acceptors (Lipinski definition) is 2. The molecular weight excluding hydrogens is 222 g/mol. The van der Waals surface area contributed by atoms with Crippen molar-refractivity contribution < 1.29 is 4.74 Å². The lowest BCUT2D eigenvalue weighted by Gasteiger charge is -2.26. The zero-order valence-electron chi connectivity index (χ0n) is 11.1. The number of rotatable bonds is 4. The Morgan fingerprint density at radius 2 is 1.89 bits per heavy atom. The van der Waals surface area contributed by atoms with Crippen molar-refractivity contribution in [3.63, 3.8) is 0 Å². The van der Waals surface area contributed by atoms with Crippen LogP contribution in [0.15, 0.2) is 24.3 Å². The van der Waals surface area contributed by atoms with Gasteiger partial charge in [-0.15, -0.1) is 0 Å². The van der Waals surface area contributed by atoms with Gasteiger partial charge in [-0.3, -0.25) is 0 Å². The quantitative estimate of drug-likeness (QED) is 0.791. The molecule has 1 unspecified atom stereocenters. The minimum absolute atomic E-state index is 0.0565. The molecule has 1 fully saturated rings. The number of hydrogen-bond donors (Lipinski definition) is 0. The molecule has 2 rings (SSSR count). The van der Waals surface area contributed by atoms with Gasteiger partial charge >= 0.3 is 0 Å². The molecular formula is C16H21NO. The minimum Gasteiger partial charge on any atom is -0.494 e. The molecule has 0 bridgehead atoms. The molecule has 2 nitrogen and oxygen atoms in total. The Labute approximate surface area is 110 Å². The van der Waals surface area contributed by atoms with E-state index in [4.69, 9.17) is 4.74 Å². The van der Waals surface area contributed by atoms with Crippen molar-refractivity contribution in [1.82, 2.24) is 0 Å². The molecule has 0 amide bonds. The van der Waals surface area contributed by atoms with Crippen LogP contribution in [0.3, 0.4) is 0 Å². The lowest BCUT2D eigenvalue weighted by atomic mass is 9.77. The topological polar surface area (TPSA) is 33.0 Å². The highest BCUT2D eigenvalue weighted by atomic mass is 16.5. The fraction of sp³-hybridized carbons (Fsp3) is 0.562. The van der Waals surface area contributed by atoms with E-state index >= 15 is 0 Å². The van der Waals surface area contributed by atoms with Crippen LogP contribution in [0, 0.1) is 17.2 Å². The first-order chi connectivity index (χ1) is 8.85. The van der Waals surface area contributed by atoms with Crippen molar-refractivity contribution in [1.29, 1.82) is 5.26 Å². The number of benzene rings is 1. The van der Waals surface area contributed by atoms with Gasteiger partial charge in [-0.05, 0) is 43.4 Å². The second-order valence-corrected chi connectivity index (χ2v) is 5.01. The molecule has 0 aliphatic heterocycles. The van der Waals surface area contributed by atoms with E-state index in [2.05, 4.69) is 6.07 Å². The maximum atomic E-state index is 9.42. The largest absolute Gasteiger partial charge is 0.494 e. The van der Waals surface area contributed by atoms with Crippen molar-refractivity contribution in [2.75, 3.05) is 6.61 Å². The molecule has 1 atom stereocenters. The zero-order valence-corrected chi connectivity index (χ0v) is 11.1. The summed E-state index contributed by atoms with van der Waals surface area (Å²) in [6, 6.07) is 10.6. The van der Waals surface area contributed by atoms with Crippen LogP contribution < -0.4 is 4.74 Å². The van der Waals surface area contributed by atoms with Crippen LogP contribution in [-0.4, -0.2) is 6.61 Å². The van der Waals surface area contributed by atoms with Crippen LogP contribution in [0.2, 0.25) is 0 Å². The SMILES string of the molecule is CCOc1ccc(C(C#N)C2CCCCC2)cc1. The summed E-state index contributed by atoms with van der Waals surface area (Å²) in [7, 11) is 0. The summed E-state index contributed by atoms with van der Waals surface area (Å²) in [5.74, 6) is 1.49. The summed E-state index contributed by atoms with van der Waals surface area (Å²) < 4.78 is 5.44. The lowest BCUT2D eigenvalue weighted by Crippen LogP contribution is -2.15. The van der Waals surface area contributed by atoms with Crippen molar-refractivity contribution in [2.24, 2.45) is 5.92 Å². The van der Waals surface area contributed by atoms with Gasteiger partial charge in [0, 0.05) is 0 Å². The molecule has 0 spiro atoms. The molecule has 0 N–H and O–H groups in total. The van der Waals surface area contributed by atoms with E-state index < -0.39 is 0 Å². The third-order valence-corrected chi connectivity index (χ3v) is 3.81. The predicted molar refractivity (Wildman–Crippen MR) is 72.5 cm³/mol. The maximum absolute atomic E-state index is 9.42. The van der Waals surface area contributed by atoms with Gasteiger partial charge in [-0.2, -0.15) is 5.26 Å². The average Bonchev–Trinajstić information content (AvgIpc) is 2.43. The van der Waals surface area contributed by atoms with Crippen molar-refractivity contribution in [3.8, 4) is 11.8 Å². The third-order valence-electron chi connectivity index (χ3n) is 3.81. The standard InChI is InChI=1S/C16H21NO/c1-2-18-15-10-8-14(9-11-15)16(12-17)13-6-4-3-5-7-13/h8-11,13,16H,2-7H2,1H3. The highest BCUT2D eigenvalue weighted by Gasteiger charge is 2.24. The van der Waals surface area contributed by atoms with Gasteiger partial charge in [-0.1, -0.05) is 31.4 Å². The predicted octanol–water partition coefficient (Wildman–Crippen LogP) is 4.27. The third kappa shape index (κ3) is 3.04. The van der Waals surface area contributed by atoms with Gasteiger partial charge in [0.1, 0.15) is 5.75 Å². The molecule has 1 aromatic carbocycles. The van der Waals surface area contributed by atoms with Crippen molar-refractivity contribution in [3.05, 3.63) is 29.8 Å². The van der Waals surface area contributed by atoms with E-state index in [0.717, 1.165) is 11.3 Å². The Hall–Kier alpha value is -1.49. The fourth-order valence-electron chi connectivity index (χ4n) is 2.86. The monoisotopic (exact) mass is 243 g/mol. The summed E-state index contributed by atoms with van der Waals surface area (Å²) in [5, 5.41) is 9.42. The first kappa shape index (κ1) is 13.0. The summed E-state index contributed by atoms with van der Waals surface area (Å²) in [6.45, 7) is 2.66. The van der Waals surface area contributed by atoms with Gasteiger partial charge in [-0.25, -0.2) is 0 Å². The van der Waals surface area contributed by atoms with Crippen LogP contribution >= 0.6 is 0 Å². The van der Waals surface area contributed by atoms with Crippen LogP contribution in [-0.2, 0) is 0 Å². The summed E-state index contributed by atoms with van der Waals surface area (Å²) in [4.78, 5) is 0. The van der Waals surface area contributed by atoms with Gasteiger partial charge in [0.2, 0.25) is 0 Å². The summed E-state index contributed by atoms with van der Waals surface area (Å²) in [5.41, 5.74) is 1.15. The Morgan fingerprint density at radius 3 is 2.44 bits per heavy atom. The fourth-order valence-corrected chi connectivity index (χ4v) is 2.86. The molecule has 0 saturated heterocycles. The molecule has 1 aliphatic carbocycles. The molecule has 96 valence electrons. The van der Waals surface area contributed by atoms with E-state index in [1.54, 1.807) is 0 Å². The smallest absolute Gasteiger partial charge is 0.119 e. The van der Waals surface area contributed by atoms with Crippen LogP contribution in [0.5, 0.6) is 5.75 Å². The molecule has 0 heterocycles. The van der Waals surface area contributed by atoms with Gasteiger partial charge in [0.05, 0.1) is 18.6 Å². The van der Waals surface area contributed by atoms with E-state index in [1.807, 2.05) is 31.2 Å². The van der Waals surface area contributed by atoms with Crippen molar-refractivity contribution in [2.45, 2.75) is 44.9 Å². The Morgan fingerprint density at radius 1 is 1.22 bits per heavy atom. The van der Waals surface area contributed by atoms with Crippen LogP contribution in [0.1, 0.15) is 50.5 Å². The van der Waals surface area contributed by atoms with Crippen molar-refractivity contribution >= 4 is 0 Å². The molecule has 18 heavy (non-hydrogen) atoms. The minimum atomic E-state index is 0.0565. The molecule has 1 aliphatic rings. The van der Waals surface area contributed by atoms with Gasteiger partial charge in [0.25, 0.3) is 0 Å². The van der Waals surface area contributed by atoms with Gasteiger partial charge < -0.3 is 4.74 Å². The summed E-state index contributed by atoms with van der Waals surface area (Å²) >= 11 is 0. The normalized spacial score (nSPS) is 18.0. The van der Waals surface area contributed by atoms with E-state index in [9.17, 15) is 5.26 Å². The second kappa shape index (κ2) is 6.44. The molecule has 1 saturated carbocycles. The summed E-state index contributed by atoms with van der Waals surface area (Å²) in [6.07, 6.45) is 6.29. The molecule has 1 aromatic rings. The van der Waals surface area contributed by atoms with E-state index in [1.165, 1.54) is 32.1 Å². The molecule has 0 aromatic heterocycles. The van der Waals surface area contributed by atoms with E-state index in [-0.39, 0.29) is 5.92 Å². The number of nitriles is 1. The average molecular weight is 243 g/mol. The number of ether oxygens (including phenoxy) is 1.